The van der Waals surface area contributed by atoms with Crippen molar-refractivity contribution in [1.29, 1.82) is 0 Å². The van der Waals surface area contributed by atoms with E-state index < -0.39 is 5.78 Å². The number of aromatic nitrogens is 3. The number of hydrogen-bond acceptors (Lipinski definition) is 4. The second-order valence-electron chi connectivity index (χ2n) is 7.11. The number of nitrogens with zero attached hydrogens (tertiary/aromatic N) is 3. The smallest absolute Gasteiger partial charge is 0.269 e. The summed E-state index contributed by atoms with van der Waals surface area (Å²) in [6, 6.07) is 18.2. The topological polar surface area (TPSA) is 60.9 Å². The molecule has 0 bridgehead atoms. The first-order chi connectivity index (χ1) is 15.5. The fourth-order valence-corrected chi connectivity index (χ4v) is 4.19. The van der Waals surface area contributed by atoms with Gasteiger partial charge in [-0.05, 0) is 48.0 Å². The highest BCUT2D eigenvalue weighted by Gasteiger charge is 2.26. The average Bonchev–Trinajstić information content (AvgIpc) is 3.39. The fourth-order valence-electron chi connectivity index (χ4n) is 3.55. The van der Waals surface area contributed by atoms with Crippen LogP contribution in [0.15, 0.2) is 77.5 Å². The Labute approximate surface area is 198 Å². The summed E-state index contributed by atoms with van der Waals surface area (Å²) in [5.74, 6) is -0.106. The van der Waals surface area contributed by atoms with Crippen molar-refractivity contribution < 1.29 is 9.21 Å². The van der Waals surface area contributed by atoms with E-state index in [2.05, 4.69) is 9.97 Å². The molecule has 0 saturated heterocycles. The lowest BCUT2D eigenvalue weighted by molar-refractivity contribution is 0.100. The number of oxazole rings is 1. The van der Waals surface area contributed by atoms with Gasteiger partial charge in [-0.1, -0.05) is 53.0 Å². The summed E-state index contributed by atoms with van der Waals surface area (Å²) in [4.78, 5) is 21.8. The molecule has 0 N–H and O–H groups in total. The molecule has 0 amide bonds. The van der Waals surface area contributed by atoms with Gasteiger partial charge >= 0.3 is 0 Å². The summed E-state index contributed by atoms with van der Waals surface area (Å²) in [6.07, 6.45) is 3.12. The van der Waals surface area contributed by atoms with E-state index >= 15 is 0 Å². The highest BCUT2D eigenvalue weighted by Crippen LogP contribution is 2.35. The number of ketones is 1. The van der Waals surface area contributed by atoms with Crippen LogP contribution in [-0.4, -0.2) is 20.3 Å². The van der Waals surface area contributed by atoms with Crippen molar-refractivity contribution in [3.05, 3.63) is 105 Å². The maximum absolute atomic E-state index is 13.4. The van der Waals surface area contributed by atoms with Gasteiger partial charge in [0.25, 0.3) is 11.7 Å². The lowest BCUT2D eigenvalue weighted by atomic mass is 10.1. The van der Waals surface area contributed by atoms with Crippen LogP contribution >= 0.6 is 34.8 Å². The van der Waals surface area contributed by atoms with E-state index in [1.165, 1.54) is 6.20 Å². The minimum absolute atomic E-state index is 0.0712. The van der Waals surface area contributed by atoms with Gasteiger partial charge in [0, 0.05) is 28.2 Å². The van der Waals surface area contributed by atoms with Gasteiger partial charge in [-0.15, -0.1) is 0 Å². The SMILES string of the molecule is O=C(c1ncc(-c2ccccn2)o1)c1c(Cl)n(Cc2ccc(Cl)cc2)c2ccc(Cl)cc12. The molecule has 0 unspecified atom stereocenters. The maximum atomic E-state index is 13.4. The molecule has 0 fully saturated rings. The van der Waals surface area contributed by atoms with Crippen LogP contribution in [0, 0.1) is 0 Å². The molecule has 0 spiro atoms. The lowest BCUT2D eigenvalue weighted by Gasteiger charge is -2.08. The van der Waals surface area contributed by atoms with E-state index in [9.17, 15) is 4.79 Å². The molecule has 5 rings (SSSR count). The molecule has 0 aliphatic rings. The van der Waals surface area contributed by atoms with Crippen LogP contribution < -0.4 is 0 Å². The summed E-state index contributed by atoms with van der Waals surface area (Å²) in [7, 11) is 0. The predicted molar refractivity (Wildman–Crippen MR) is 126 cm³/mol. The first-order valence-electron chi connectivity index (χ1n) is 9.65. The molecule has 8 heteroatoms. The molecule has 5 nitrogen and oxygen atoms in total. The Morgan fingerprint density at radius 1 is 0.938 bits per heavy atom. The van der Waals surface area contributed by atoms with Gasteiger partial charge in [0.05, 0.1) is 17.3 Å². The first kappa shape index (κ1) is 20.8. The van der Waals surface area contributed by atoms with Crippen LogP contribution in [0.3, 0.4) is 0 Å². The summed E-state index contributed by atoms with van der Waals surface area (Å²) >= 11 is 19.0. The van der Waals surface area contributed by atoms with Gasteiger partial charge in [-0.25, -0.2) is 4.98 Å². The molecule has 3 heterocycles. The normalized spacial score (nSPS) is 11.2. The molecule has 0 radical (unpaired) electrons. The summed E-state index contributed by atoms with van der Waals surface area (Å²) in [5.41, 5.74) is 2.62. The van der Waals surface area contributed by atoms with Crippen molar-refractivity contribution in [2.45, 2.75) is 6.54 Å². The van der Waals surface area contributed by atoms with Gasteiger partial charge in [0.2, 0.25) is 0 Å². The Kier molecular flexibility index (Phi) is 5.47. The zero-order chi connectivity index (χ0) is 22.2. The van der Waals surface area contributed by atoms with Crippen LogP contribution in [-0.2, 0) is 6.54 Å². The van der Waals surface area contributed by atoms with Gasteiger partial charge in [-0.2, -0.15) is 0 Å². The third-order valence-electron chi connectivity index (χ3n) is 5.06. The number of hydrogen-bond donors (Lipinski definition) is 0. The van der Waals surface area contributed by atoms with Gasteiger partial charge in [0.1, 0.15) is 10.8 Å². The Morgan fingerprint density at radius 3 is 2.47 bits per heavy atom. The lowest BCUT2D eigenvalue weighted by Crippen LogP contribution is -2.04. The van der Waals surface area contributed by atoms with Crippen LogP contribution in [0.4, 0.5) is 0 Å². The number of halogens is 3. The quantitative estimate of drug-likeness (QED) is 0.255. The Morgan fingerprint density at radius 2 is 1.72 bits per heavy atom. The molecule has 158 valence electrons. The zero-order valence-electron chi connectivity index (χ0n) is 16.4. The summed E-state index contributed by atoms with van der Waals surface area (Å²) in [5, 5.41) is 2.04. The largest absolute Gasteiger partial charge is 0.432 e. The molecule has 0 atom stereocenters. The second kappa shape index (κ2) is 8.43. The van der Waals surface area contributed by atoms with Crippen molar-refractivity contribution >= 4 is 51.5 Å². The number of fused-ring (bicyclic) bond motifs is 1. The molecular formula is C24H14Cl3N3O2. The van der Waals surface area contributed by atoms with E-state index in [0.717, 1.165) is 11.1 Å². The average molecular weight is 483 g/mol. The molecule has 0 saturated carbocycles. The number of carbonyl (C=O) groups is 1. The van der Waals surface area contributed by atoms with Gasteiger partial charge in [-0.3, -0.25) is 9.78 Å². The minimum atomic E-state index is -0.431. The highest BCUT2D eigenvalue weighted by atomic mass is 35.5. The maximum Gasteiger partial charge on any atom is 0.269 e. The van der Waals surface area contributed by atoms with Crippen LogP contribution in [0.2, 0.25) is 15.2 Å². The van der Waals surface area contributed by atoms with E-state index in [0.29, 0.717) is 33.4 Å². The van der Waals surface area contributed by atoms with E-state index in [4.69, 9.17) is 39.2 Å². The predicted octanol–water partition coefficient (Wildman–Crippen LogP) is 6.93. The van der Waals surface area contributed by atoms with Crippen molar-refractivity contribution in [2.24, 2.45) is 0 Å². The van der Waals surface area contributed by atoms with E-state index in [-0.39, 0.29) is 16.6 Å². The molecular weight excluding hydrogens is 469 g/mol. The minimum Gasteiger partial charge on any atom is -0.432 e. The molecule has 0 aliphatic heterocycles. The Balaban J connectivity index is 1.60. The first-order valence-corrected chi connectivity index (χ1v) is 10.8. The Hall–Kier alpha value is -3.12. The number of benzene rings is 2. The van der Waals surface area contributed by atoms with Crippen molar-refractivity contribution in [1.82, 2.24) is 14.5 Å². The van der Waals surface area contributed by atoms with Crippen LogP contribution in [0.25, 0.3) is 22.4 Å². The molecule has 2 aromatic carbocycles. The fraction of sp³-hybridized carbons (Fsp3) is 0.0417. The molecule has 0 aliphatic carbocycles. The summed E-state index contributed by atoms with van der Waals surface area (Å²) < 4.78 is 7.58. The Bertz CT molecular complexity index is 1440. The highest BCUT2D eigenvalue weighted by molar-refractivity contribution is 6.37. The van der Waals surface area contributed by atoms with Gasteiger partial charge in [0.15, 0.2) is 5.76 Å². The standard InChI is InChI=1S/C24H14Cl3N3O2/c25-15-6-4-14(5-7-15)13-30-19-9-8-16(26)11-17(19)21(23(30)27)22(31)24-29-12-20(32-24)18-3-1-2-10-28-18/h1-12H,13H2. The second-order valence-corrected chi connectivity index (χ2v) is 8.34. The third kappa shape index (κ3) is 3.79. The summed E-state index contributed by atoms with van der Waals surface area (Å²) in [6.45, 7) is 0.451. The molecule has 32 heavy (non-hydrogen) atoms. The van der Waals surface area contributed by atoms with E-state index in [1.807, 2.05) is 41.0 Å². The zero-order valence-corrected chi connectivity index (χ0v) is 18.7. The van der Waals surface area contributed by atoms with Crippen LogP contribution in [0.1, 0.15) is 21.8 Å². The number of pyridine rings is 1. The third-order valence-corrected chi connectivity index (χ3v) is 5.94. The van der Waals surface area contributed by atoms with Crippen molar-refractivity contribution in [2.75, 3.05) is 0 Å². The monoisotopic (exact) mass is 481 g/mol. The van der Waals surface area contributed by atoms with Crippen molar-refractivity contribution in [3.63, 3.8) is 0 Å². The van der Waals surface area contributed by atoms with Gasteiger partial charge < -0.3 is 8.98 Å². The van der Waals surface area contributed by atoms with Crippen molar-refractivity contribution in [3.8, 4) is 11.5 Å². The van der Waals surface area contributed by atoms with E-state index in [1.54, 1.807) is 30.5 Å². The number of carbonyl (C=O) groups excluding carboxylic acids is 1. The van der Waals surface area contributed by atoms with Crippen LogP contribution in [0.5, 0.6) is 0 Å². The molecule has 5 aromatic rings. The molecule has 3 aromatic heterocycles. The number of rotatable bonds is 5.